The number of hydrazine groups is 1. The molecule has 0 saturated carbocycles. The van der Waals surface area contributed by atoms with Crippen LogP contribution in [0.25, 0.3) is 0 Å². The average Bonchev–Trinajstić information content (AvgIpc) is 2.54. The van der Waals surface area contributed by atoms with Gasteiger partial charge in [-0.1, -0.05) is 0 Å². The molecule has 4 N–H and O–H groups in total. The Morgan fingerprint density at radius 2 is 2.10 bits per heavy atom. The fraction of sp³-hybridized carbons (Fsp3) is 0.636. The number of aromatic nitrogens is 3. The molecule has 1 saturated heterocycles. The summed E-state index contributed by atoms with van der Waals surface area (Å²) >= 11 is 0. The van der Waals surface area contributed by atoms with Crippen LogP contribution in [0.5, 0.6) is 0 Å². The Kier molecular flexibility index (Phi) is 5.06. The van der Waals surface area contributed by atoms with Crippen molar-refractivity contribution in [1.29, 1.82) is 0 Å². The molecule has 10 nitrogen and oxygen atoms in total. The number of carbonyl (C=O) groups is 1. The summed E-state index contributed by atoms with van der Waals surface area (Å²) in [5.41, 5.74) is 2.42. The molecule has 10 heteroatoms. The second kappa shape index (κ2) is 6.99. The highest BCUT2D eigenvalue weighted by molar-refractivity contribution is 5.80. The molecule has 1 fully saturated rings. The maximum Gasteiger partial charge on any atom is 0.243 e. The Bertz CT molecular complexity index is 491. The van der Waals surface area contributed by atoms with Gasteiger partial charge in [-0.15, -0.1) is 0 Å². The lowest BCUT2D eigenvalue weighted by molar-refractivity contribution is -0.119. The zero-order chi connectivity index (χ0) is 15.2. The number of nitrogens with zero attached hydrogens (tertiary/aromatic N) is 5. The summed E-state index contributed by atoms with van der Waals surface area (Å²) in [6.45, 7) is 2.80. The minimum atomic E-state index is -0.131. The number of hydrogen-bond acceptors (Lipinski definition) is 9. The van der Waals surface area contributed by atoms with Gasteiger partial charge in [0.2, 0.25) is 23.8 Å². The number of rotatable bonds is 5. The van der Waals surface area contributed by atoms with Crippen molar-refractivity contribution in [3.63, 3.8) is 0 Å². The molecule has 0 unspecified atom stereocenters. The van der Waals surface area contributed by atoms with Crippen molar-refractivity contribution in [2.75, 3.05) is 62.2 Å². The van der Waals surface area contributed by atoms with E-state index in [1.165, 1.54) is 0 Å². The second-order valence-corrected chi connectivity index (χ2v) is 4.53. The van der Waals surface area contributed by atoms with Crippen LogP contribution in [0.3, 0.4) is 0 Å². The van der Waals surface area contributed by atoms with E-state index in [1.807, 2.05) is 4.90 Å². The molecule has 116 valence electrons. The highest BCUT2D eigenvalue weighted by atomic mass is 16.5. The molecule has 1 aliphatic rings. The largest absolute Gasteiger partial charge is 0.378 e. The number of amides is 1. The highest BCUT2D eigenvalue weighted by Crippen LogP contribution is 2.16. The van der Waals surface area contributed by atoms with Gasteiger partial charge in [0.25, 0.3) is 0 Å². The summed E-state index contributed by atoms with van der Waals surface area (Å²) in [4.78, 5) is 27.9. The smallest absolute Gasteiger partial charge is 0.243 e. The van der Waals surface area contributed by atoms with Gasteiger partial charge in [-0.25, -0.2) is 5.84 Å². The third-order valence-electron chi connectivity index (χ3n) is 3.04. The van der Waals surface area contributed by atoms with Crippen molar-refractivity contribution in [2.24, 2.45) is 5.84 Å². The molecule has 0 aliphatic carbocycles. The number of nitrogens with one attached hydrogen (secondary N) is 2. The predicted octanol–water partition coefficient (Wildman–Crippen LogP) is -1.82. The maximum absolute atomic E-state index is 11.4. The van der Waals surface area contributed by atoms with E-state index in [9.17, 15) is 4.79 Å². The quantitative estimate of drug-likeness (QED) is 0.425. The molecule has 2 heterocycles. The molecule has 0 radical (unpaired) electrons. The SMILES string of the molecule is CNC(=O)CN(C)c1nc(NN)nc(N2CCOCC2)n1. The van der Waals surface area contributed by atoms with Crippen molar-refractivity contribution < 1.29 is 9.53 Å². The molecule has 1 aromatic heterocycles. The Morgan fingerprint density at radius 1 is 1.38 bits per heavy atom. The summed E-state index contributed by atoms with van der Waals surface area (Å²) in [6, 6.07) is 0. The Morgan fingerprint density at radius 3 is 2.71 bits per heavy atom. The summed E-state index contributed by atoms with van der Waals surface area (Å²) in [7, 11) is 3.31. The summed E-state index contributed by atoms with van der Waals surface area (Å²) in [6.07, 6.45) is 0. The van der Waals surface area contributed by atoms with E-state index in [4.69, 9.17) is 10.6 Å². The lowest BCUT2D eigenvalue weighted by Gasteiger charge is -2.27. The number of nitrogen functional groups attached to an aromatic ring is 1. The number of likely N-dealkylation sites (N-methyl/N-ethyl adjacent to an activating group) is 2. The first-order valence-electron chi connectivity index (χ1n) is 6.61. The average molecular weight is 296 g/mol. The van der Waals surface area contributed by atoms with Crippen molar-refractivity contribution >= 4 is 23.8 Å². The van der Waals surface area contributed by atoms with E-state index in [-0.39, 0.29) is 18.4 Å². The summed E-state index contributed by atoms with van der Waals surface area (Å²) < 4.78 is 5.31. The van der Waals surface area contributed by atoms with Gasteiger partial charge in [-0.3, -0.25) is 10.2 Å². The number of anilines is 3. The van der Waals surface area contributed by atoms with E-state index in [0.717, 1.165) is 0 Å². The van der Waals surface area contributed by atoms with E-state index in [1.54, 1.807) is 19.0 Å². The van der Waals surface area contributed by atoms with E-state index in [0.29, 0.717) is 38.2 Å². The van der Waals surface area contributed by atoms with Gasteiger partial charge in [0.05, 0.1) is 19.8 Å². The van der Waals surface area contributed by atoms with Gasteiger partial charge in [0.1, 0.15) is 0 Å². The topological polar surface area (TPSA) is 122 Å². The van der Waals surface area contributed by atoms with Crippen LogP contribution in [-0.4, -0.2) is 67.8 Å². The first-order valence-corrected chi connectivity index (χ1v) is 6.61. The predicted molar refractivity (Wildman–Crippen MR) is 78.0 cm³/mol. The number of ether oxygens (including phenoxy) is 1. The first-order chi connectivity index (χ1) is 10.1. The van der Waals surface area contributed by atoms with Crippen molar-refractivity contribution in [3.05, 3.63) is 0 Å². The lowest BCUT2D eigenvalue weighted by atomic mass is 10.4. The molecule has 0 spiro atoms. The van der Waals surface area contributed by atoms with Gasteiger partial charge >= 0.3 is 0 Å². The molecule has 0 aromatic carbocycles. The molecule has 21 heavy (non-hydrogen) atoms. The molecule has 1 aliphatic heterocycles. The monoisotopic (exact) mass is 296 g/mol. The van der Waals surface area contributed by atoms with Gasteiger partial charge in [-0.05, 0) is 0 Å². The van der Waals surface area contributed by atoms with Crippen LogP contribution < -0.4 is 26.4 Å². The van der Waals surface area contributed by atoms with Gasteiger partial charge < -0.3 is 19.9 Å². The van der Waals surface area contributed by atoms with Crippen LogP contribution in [0.4, 0.5) is 17.8 Å². The molecule has 2 rings (SSSR count). The zero-order valence-electron chi connectivity index (χ0n) is 12.2. The number of hydrogen-bond donors (Lipinski definition) is 3. The third kappa shape index (κ3) is 3.89. The van der Waals surface area contributed by atoms with E-state index in [2.05, 4.69) is 25.7 Å². The van der Waals surface area contributed by atoms with Crippen LogP contribution in [0.1, 0.15) is 0 Å². The van der Waals surface area contributed by atoms with Crippen LogP contribution in [0.2, 0.25) is 0 Å². The lowest BCUT2D eigenvalue weighted by Crippen LogP contribution is -2.38. The van der Waals surface area contributed by atoms with Crippen molar-refractivity contribution in [3.8, 4) is 0 Å². The molecular weight excluding hydrogens is 276 g/mol. The van der Waals surface area contributed by atoms with Gasteiger partial charge in [-0.2, -0.15) is 15.0 Å². The van der Waals surface area contributed by atoms with E-state index < -0.39 is 0 Å². The van der Waals surface area contributed by atoms with Crippen LogP contribution in [0, 0.1) is 0 Å². The summed E-state index contributed by atoms with van der Waals surface area (Å²) in [5.74, 6) is 6.42. The van der Waals surface area contributed by atoms with E-state index >= 15 is 0 Å². The molecule has 0 bridgehead atoms. The standard InChI is InChI=1S/C11H20N8O2/c1-13-8(20)7-18(2)10-14-9(17-12)15-11(16-10)19-3-5-21-6-4-19/h3-7,12H2,1-2H3,(H,13,20)(H,14,15,16,17). The number of carbonyl (C=O) groups excluding carboxylic acids is 1. The van der Waals surface area contributed by atoms with Crippen LogP contribution >= 0.6 is 0 Å². The molecule has 1 amide bonds. The fourth-order valence-corrected chi connectivity index (χ4v) is 1.86. The summed E-state index contributed by atoms with van der Waals surface area (Å²) in [5, 5.41) is 2.55. The first kappa shape index (κ1) is 15.2. The van der Waals surface area contributed by atoms with Crippen LogP contribution in [-0.2, 0) is 9.53 Å². The number of nitrogens with two attached hydrogens (primary N) is 1. The van der Waals surface area contributed by atoms with Gasteiger partial charge in [0, 0.05) is 27.2 Å². The maximum atomic E-state index is 11.4. The normalized spacial score (nSPS) is 14.7. The minimum absolute atomic E-state index is 0.131. The Hall–Kier alpha value is -2.20. The Balaban J connectivity index is 2.22. The molecular formula is C11H20N8O2. The van der Waals surface area contributed by atoms with Crippen LogP contribution in [0.15, 0.2) is 0 Å². The number of morpholine rings is 1. The fourth-order valence-electron chi connectivity index (χ4n) is 1.86. The Labute approximate surface area is 122 Å². The highest BCUT2D eigenvalue weighted by Gasteiger charge is 2.18. The third-order valence-corrected chi connectivity index (χ3v) is 3.04. The van der Waals surface area contributed by atoms with Crippen molar-refractivity contribution in [1.82, 2.24) is 20.3 Å². The van der Waals surface area contributed by atoms with Crippen molar-refractivity contribution in [2.45, 2.75) is 0 Å². The zero-order valence-corrected chi connectivity index (χ0v) is 12.2. The van der Waals surface area contributed by atoms with Gasteiger partial charge in [0.15, 0.2) is 0 Å². The second-order valence-electron chi connectivity index (χ2n) is 4.53. The molecule has 1 aromatic rings. The minimum Gasteiger partial charge on any atom is -0.378 e. The molecule has 0 atom stereocenters.